The Balaban J connectivity index is 1.07. The molecule has 0 saturated carbocycles. The van der Waals surface area contributed by atoms with Gasteiger partial charge in [0.25, 0.3) is 11.8 Å². The average Bonchev–Trinajstić information content (AvgIpc) is 3.81. The minimum Gasteiger partial charge on any atom is -0.448 e. The lowest BCUT2D eigenvalue weighted by molar-refractivity contribution is -0.154. The molecule has 0 radical (unpaired) electrons. The van der Waals surface area contributed by atoms with E-state index in [9.17, 15) is 23.2 Å². The molecule has 1 unspecified atom stereocenters. The van der Waals surface area contributed by atoms with E-state index < -0.39 is 53.2 Å². The summed E-state index contributed by atoms with van der Waals surface area (Å²) in [6, 6.07) is 48.4. The fourth-order valence-corrected chi connectivity index (χ4v) is 10.6. The molecule has 326 valence electrons. The van der Waals surface area contributed by atoms with Gasteiger partial charge in [-0.25, -0.2) is 9.78 Å². The van der Waals surface area contributed by atoms with Gasteiger partial charge in [0.2, 0.25) is 0 Å². The van der Waals surface area contributed by atoms with Crippen LogP contribution in [-0.4, -0.2) is 62.9 Å². The van der Waals surface area contributed by atoms with Crippen molar-refractivity contribution in [1.82, 2.24) is 15.2 Å². The zero-order chi connectivity index (χ0) is 45.2. The van der Waals surface area contributed by atoms with Crippen LogP contribution in [0.25, 0.3) is 0 Å². The molecule has 65 heavy (non-hydrogen) atoms. The largest absolute Gasteiger partial charge is 0.448 e. The number of nitrogens with zero attached hydrogens (tertiary/aromatic N) is 4. The normalized spacial score (nSPS) is 16.2. The van der Waals surface area contributed by atoms with Gasteiger partial charge in [0.1, 0.15) is 28.3 Å². The number of carbonyl (C=O) groups is 3. The van der Waals surface area contributed by atoms with Crippen molar-refractivity contribution in [2.75, 3.05) is 16.8 Å². The Labute approximate surface area is 385 Å². The summed E-state index contributed by atoms with van der Waals surface area (Å²) in [7, 11) is 0. The van der Waals surface area contributed by atoms with Crippen LogP contribution < -0.4 is 10.6 Å². The van der Waals surface area contributed by atoms with Crippen molar-refractivity contribution in [3.05, 3.63) is 213 Å². The van der Waals surface area contributed by atoms with E-state index in [4.69, 9.17) is 10.00 Å². The molecule has 2 amide bonds. The highest BCUT2D eigenvalue weighted by Crippen LogP contribution is 2.43. The van der Waals surface area contributed by atoms with E-state index >= 15 is 0 Å². The molecule has 2 aliphatic rings. The third-order valence-corrected chi connectivity index (χ3v) is 13.5. The average molecular weight is 925 g/mol. The number of fused-ring (bicyclic) bond motifs is 1. The number of nitrogens with one attached hydrogen (secondary N) is 2. The summed E-state index contributed by atoms with van der Waals surface area (Å²) in [5, 5.41) is 21.5. The third-order valence-electron chi connectivity index (χ3n) is 10.6. The number of halogens is 2. The van der Waals surface area contributed by atoms with Gasteiger partial charge < -0.3 is 20.2 Å². The zero-order valence-electron chi connectivity index (χ0n) is 34.2. The number of rotatable bonds is 17. The van der Waals surface area contributed by atoms with Crippen molar-refractivity contribution in [2.45, 2.75) is 29.7 Å². The number of allylic oxidation sites excluding steroid dienone is 1. The van der Waals surface area contributed by atoms with Gasteiger partial charge in [-0.2, -0.15) is 14.0 Å². The molecular weight excluding hydrogens is 887 g/mol. The minimum atomic E-state index is -3.36. The van der Waals surface area contributed by atoms with E-state index in [1.165, 1.54) is 39.9 Å². The van der Waals surface area contributed by atoms with Crippen molar-refractivity contribution < 1.29 is 32.7 Å². The Kier molecular flexibility index (Phi) is 14.1. The molecule has 5 aromatic carbocycles. The van der Waals surface area contributed by atoms with E-state index in [1.807, 2.05) is 158 Å². The monoisotopic (exact) mass is 924 g/mol. The molecule has 1 fully saturated rings. The molecule has 0 spiro atoms. The summed E-state index contributed by atoms with van der Waals surface area (Å²) in [5.41, 5.74) is 3.04. The van der Waals surface area contributed by atoms with Gasteiger partial charge in [-0.3, -0.25) is 14.5 Å². The number of hydrogen-bond donors (Lipinski definition) is 2. The van der Waals surface area contributed by atoms with Crippen LogP contribution in [0.5, 0.6) is 0 Å². The fourth-order valence-electron chi connectivity index (χ4n) is 7.65. The maximum Gasteiger partial charge on any atom is 0.407 e. The lowest BCUT2D eigenvalue weighted by Crippen LogP contribution is -2.71. The Morgan fingerprint density at radius 2 is 1.42 bits per heavy atom. The highest BCUT2D eigenvalue weighted by molar-refractivity contribution is 8.02. The van der Waals surface area contributed by atoms with Gasteiger partial charge in [0, 0.05) is 23.0 Å². The summed E-state index contributed by atoms with van der Waals surface area (Å²) in [6.07, 6.45) is 0.502. The minimum absolute atomic E-state index is 0.0304. The van der Waals surface area contributed by atoms with E-state index in [-0.39, 0.29) is 22.9 Å². The maximum atomic E-state index is 14.4. The summed E-state index contributed by atoms with van der Waals surface area (Å²) in [5.74, 6) is -1.82. The highest BCUT2D eigenvalue weighted by Gasteiger charge is 2.55. The quantitative estimate of drug-likeness (QED) is 0.0227. The van der Waals surface area contributed by atoms with Crippen LogP contribution in [0.4, 0.5) is 13.9 Å². The Morgan fingerprint density at radius 3 is 1.94 bits per heavy atom. The zero-order valence-corrected chi connectivity index (χ0v) is 36.6. The number of esters is 1. The topological polar surface area (TPSA) is 146 Å². The second kappa shape index (κ2) is 20.6. The predicted octanol–water partition coefficient (Wildman–Crippen LogP) is 9.25. The van der Waals surface area contributed by atoms with E-state index in [2.05, 4.69) is 25.6 Å². The molecule has 3 heterocycles. The number of β-lactam (4-membered cyclic amide) rings is 1. The first-order chi connectivity index (χ1) is 31.8. The first-order valence-corrected chi connectivity index (χ1v) is 23.1. The van der Waals surface area contributed by atoms with Crippen LogP contribution in [0.1, 0.15) is 39.6 Å². The summed E-state index contributed by atoms with van der Waals surface area (Å²) in [4.78, 5) is 53.0. The number of anilines is 1. The van der Waals surface area contributed by atoms with Crippen LogP contribution >= 0.6 is 34.9 Å². The number of hydrogen-bond acceptors (Lipinski definition) is 12. The molecule has 1 aromatic heterocycles. The summed E-state index contributed by atoms with van der Waals surface area (Å²) < 4.78 is 33.3. The number of thiazole rings is 1. The molecule has 1 saturated heterocycles. The number of oxime groups is 1. The van der Waals surface area contributed by atoms with Crippen molar-refractivity contribution >= 4 is 63.5 Å². The number of amides is 2. The number of nitriles is 1. The van der Waals surface area contributed by atoms with Gasteiger partial charge >= 0.3 is 12.6 Å². The molecule has 8 rings (SSSR count). The predicted molar refractivity (Wildman–Crippen MR) is 249 cm³/mol. The van der Waals surface area contributed by atoms with Gasteiger partial charge in [-0.1, -0.05) is 157 Å². The first kappa shape index (κ1) is 44.5. The molecule has 0 aliphatic carbocycles. The molecule has 2 N–H and O–H groups in total. The van der Waals surface area contributed by atoms with Crippen LogP contribution in [0, 0.1) is 11.3 Å². The van der Waals surface area contributed by atoms with Crippen molar-refractivity contribution in [3.8, 4) is 6.07 Å². The van der Waals surface area contributed by atoms with Gasteiger partial charge in [0.15, 0.2) is 16.9 Å². The second-order valence-electron chi connectivity index (χ2n) is 14.5. The first-order valence-electron chi connectivity index (χ1n) is 20.2. The van der Waals surface area contributed by atoms with Crippen LogP contribution in [0.15, 0.2) is 185 Å². The van der Waals surface area contributed by atoms with Crippen LogP contribution in [-0.2, 0) is 29.5 Å². The number of aromatic nitrogens is 1. The van der Waals surface area contributed by atoms with Crippen molar-refractivity contribution in [2.24, 2.45) is 5.16 Å². The number of thioether (sulfide) groups is 2. The molecule has 6 aromatic rings. The molecule has 2 atom stereocenters. The Morgan fingerprint density at radius 1 is 0.877 bits per heavy atom. The van der Waals surface area contributed by atoms with Gasteiger partial charge in [0.05, 0.1) is 6.07 Å². The van der Waals surface area contributed by atoms with E-state index in [0.29, 0.717) is 21.8 Å². The Hall–Kier alpha value is -7.06. The number of benzene rings is 5. The number of carbonyl (C=O) groups excluding carboxylic acids is 3. The SMILES string of the molecule is N#C/C=C\SCC1=C(C(=O)OC(c2ccccc2)c2ccccc2)N2C(=O)C(NC(=O)/C(=N/OC(F)F)c3csc(NC(c4ccccc4)(c4ccccc4)c4ccccc4)n3)[C@H]2SC1. The molecule has 0 bridgehead atoms. The third kappa shape index (κ3) is 9.72. The lowest BCUT2D eigenvalue weighted by atomic mass is 9.77. The molecular formula is C49H38F2N6O5S3. The Bertz CT molecular complexity index is 2620. The van der Waals surface area contributed by atoms with Crippen LogP contribution in [0.3, 0.4) is 0 Å². The fraction of sp³-hybridized carbons (Fsp3) is 0.143. The highest BCUT2D eigenvalue weighted by atomic mass is 32.2. The smallest absolute Gasteiger partial charge is 0.407 e. The van der Waals surface area contributed by atoms with Crippen molar-refractivity contribution in [3.63, 3.8) is 0 Å². The molecule has 16 heteroatoms. The van der Waals surface area contributed by atoms with Gasteiger partial charge in [-0.15, -0.1) is 34.9 Å². The van der Waals surface area contributed by atoms with E-state index in [0.717, 1.165) is 28.0 Å². The van der Waals surface area contributed by atoms with Gasteiger partial charge in [-0.05, 0) is 38.8 Å². The number of alkyl halides is 2. The second-order valence-corrected chi connectivity index (χ2v) is 17.3. The molecule has 11 nitrogen and oxygen atoms in total. The van der Waals surface area contributed by atoms with E-state index in [1.54, 1.807) is 5.41 Å². The molecule has 2 aliphatic heterocycles. The lowest BCUT2D eigenvalue weighted by Gasteiger charge is -2.49. The number of ether oxygens (including phenoxy) is 1. The van der Waals surface area contributed by atoms with Crippen LogP contribution in [0.2, 0.25) is 0 Å². The summed E-state index contributed by atoms with van der Waals surface area (Å²) >= 11 is 3.71. The maximum absolute atomic E-state index is 14.4. The summed E-state index contributed by atoms with van der Waals surface area (Å²) in [6.45, 7) is -3.36. The standard InChI is InChI=1S/C49H38F2N6O5S3/c50-47(51)62-56-39(38-31-65-48(53-38)55-49(35-21-10-3-11-22-35,36-23-12-4-13-24-36)37-25-14-5-15-26-37)43(58)54-40-44(59)57-41(34(30-64-45(40)57)29-63-28-16-27-52)46(60)61-42(32-17-6-1-7-18-32)33-19-8-2-9-20-33/h1-26,28,31,40,42,45,47H,29-30H2,(H,53,55)(H,54,58)/b28-16-,56-39+/t40?,45-/m1/s1. The van der Waals surface area contributed by atoms with Crippen molar-refractivity contribution in [1.29, 1.82) is 5.26 Å².